The van der Waals surface area contributed by atoms with E-state index in [0.29, 0.717) is 0 Å². The number of aromatic amines is 1. The van der Waals surface area contributed by atoms with E-state index in [1.807, 2.05) is 19.2 Å². The van der Waals surface area contributed by atoms with Crippen molar-refractivity contribution in [3.8, 4) is 0 Å². The topological polar surface area (TPSA) is 53.6 Å². The van der Waals surface area contributed by atoms with E-state index in [9.17, 15) is 0 Å². The molecule has 0 aliphatic rings. The van der Waals surface area contributed by atoms with Crippen molar-refractivity contribution in [2.45, 2.75) is 6.54 Å². The predicted molar refractivity (Wildman–Crippen MR) is 46.7 cm³/mol. The first-order valence-corrected chi connectivity index (χ1v) is 3.84. The molecule has 2 aromatic rings. The summed E-state index contributed by atoms with van der Waals surface area (Å²) in [6.45, 7) is 0.771. The average molecular weight is 162 g/mol. The smallest absolute Gasteiger partial charge is 0.113 e. The van der Waals surface area contributed by atoms with Crippen LogP contribution in [-0.2, 0) is 6.54 Å². The van der Waals surface area contributed by atoms with Gasteiger partial charge in [0, 0.05) is 12.7 Å². The summed E-state index contributed by atoms with van der Waals surface area (Å²) in [6.07, 6.45) is 1.77. The zero-order valence-electron chi connectivity index (χ0n) is 6.83. The van der Waals surface area contributed by atoms with Gasteiger partial charge < -0.3 is 5.32 Å². The first kappa shape index (κ1) is 7.24. The van der Waals surface area contributed by atoms with Gasteiger partial charge in [0.05, 0.1) is 5.69 Å². The zero-order valence-corrected chi connectivity index (χ0v) is 6.83. The van der Waals surface area contributed by atoms with Crippen LogP contribution in [0.15, 0.2) is 18.3 Å². The van der Waals surface area contributed by atoms with Crippen LogP contribution in [-0.4, -0.2) is 22.2 Å². The maximum Gasteiger partial charge on any atom is 0.113 e. The summed E-state index contributed by atoms with van der Waals surface area (Å²) < 4.78 is 0. The quantitative estimate of drug-likeness (QED) is 0.682. The molecule has 0 atom stereocenters. The Bertz CT molecular complexity index is 379. The van der Waals surface area contributed by atoms with Gasteiger partial charge in [-0.2, -0.15) is 5.10 Å². The van der Waals surface area contributed by atoms with Crippen molar-refractivity contribution >= 4 is 11.0 Å². The molecule has 2 aromatic heterocycles. The van der Waals surface area contributed by atoms with Crippen LogP contribution in [0.25, 0.3) is 11.0 Å². The average Bonchev–Trinajstić information content (AvgIpc) is 2.50. The Kier molecular flexibility index (Phi) is 1.75. The molecule has 0 unspecified atom stereocenters. The number of fused-ring (bicyclic) bond motifs is 1. The Morgan fingerprint density at radius 1 is 1.58 bits per heavy atom. The summed E-state index contributed by atoms with van der Waals surface area (Å²) in [5.41, 5.74) is 2.91. The van der Waals surface area contributed by atoms with Gasteiger partial charge in [0.2, 0.25) is 0 Å². The third-order valence-corrected chi connectivity index (χ3v) is 1.74. The van der Waals surface area contributed by atoms with Crippen molar-refractivity contribution in [1.29, 1.82) is 0 Å². The van der Waals surface area contributed by atoms with Crippen molar-refractivity contribution < 1.29 is 0 Å². The van der Waals surface area contributed by atoms with Gasteiger partial charge >= 0.3 is 0 Å². The molecule has 0 saturated carbocycles. The van der Waals surface area contributed by atoms with Crippen LogP contribution in [0.1, 0.15) is 5.69 Å². The fourth-order valence-electron chi connectivity index (χ4n) is 1.20. The lowest BCUT2D eigenvalue weighted by molar-refractivity contribution is 0.787. The van der Waals surface area contributed by atoms with Gasteiger partial charge in [-0.3, -0.25) is 10.1 Å². The summed E-state index contributed by atoms with van der Waals surface area (Å²) in [6, 6.07) is 3.82. The molecule has 0 bridgehead atoms. The molecule has 0 aromatic carbocycles. The second-order valence-corrected chi connectivity index (χ2v) is 2.60. The van der Waals surface area contributed by atoms with E-state index in [1.54, 1.807) is 6.20 Å². The third-order valence-electron chi connectivity index (χ3n) is 1.74. The van der Waals surface area contributed by atoms with Crippen LogP contribution in [0, 0.1) is 0 Å². The minimum Gasteiger partial charge on any atom is -0.314 e. The SMILES string of the molecule is CNCc1[nH]nc2cccnc12. The van der Waals surface area contributed by atoms with Crippen molar-refractivity contribution in [2.75, 3.05) is 7.05 Å². The van der Waals surface area contributed by atoms with Gasteiger partial charge in [-0.05, 0) is 19.2 Å². The number of hydrogen-bond acceptors (Lipinski definition) is 3. The lowest BCUT2D eigenvalue weighted by atomic mass is 10.3. The Morgan fingerprint density at radius 2 is 2.50 bits per heavy atom. The summed E-state index contributed by atoms with van der Waals surface area (Å²) >= 11 is 0. The monoisotopic (exact) mass is 162 g/mol. The maximum absolute atomic E-state index is 4.23. The third kappa shape index (κ3) is 1.06. The molecule has 0 aliphatic heterocycles. The van der Waals surface area contributed by atoms with Crippen LogP contribution in [0.4, 0.5) is 0 Å². The normalized spacial score (nSPS) is 10.8. The fraction of sp³-hybridized carbons (Fsp3) is 0.250. The first-order valence-electron chi connectivity index (χ1n) is 3.84. The van der Waals surface area contributed by atoms with E-state index in [1.165, 1.54) is 0 Å². The summed E-state index contributed by atoms with van der Waals surface area (Å²) in [4.78, 5) is 4.23. The second kappa shape index (κ2) is 2.91. The zero-order chi connectivity index (χ0) is 8.39. The molecule has 0 radical (unpaired) electrons. The molecule has 2 N–H and O–H groups in total. The number of nitrogens with zero attached hydrogens (tertiary/aromatic N) is 2. The minimum absolute atomic E-state index is 0.771. The van der Waals surface area contributed by atoms with E-state index >= 15 is 0 Å². The highest BCUT2D eigenvalue weighted by molar-refractivity contribution is 5.76. The fourth-order valence-corrected chi connectivity index (χ4v) is 1.20. The minimum atomic E-state index is 0.771. The predicted octanol–water partition coefficient (Wildman–Crippen LogP) is 0.677. The Hall–Kier alpha value is -1.42. The molecule has 4 nitrogen and oxygen atoms in total. The molecule has 2 rings (SSSR count). The maximum atomic E-state index is 4.23. The lowest BCUT2D eigenvalue weighted by Crippen LogP contribution is -2.05. The number of pyridine rings is 1. The Balaban J connectivity index is 2.55. The number of aromatic nitrogens is 3. The molecule has 62 valence electrons. The lowest BCUT2D eigenvalue weighted by Gasteiger charge is -1.93. The number of hydrogen-bond donors (Lipinski definition) is 2. The number of nitrogens with one attached hydrogen (secondary N) is 2. The molecule has 0 fully saturated rings. The summed E-state index contributed by atoms with van der Waals surface area (Å²) in [7, 11) is 1.90. The van der Waals surface area contributed by atoms with E-state index in [4.69, 9.17) is 0 Å². The van der Waals surface area contributed by atoms with E-state index in [2.05, 4.69) is 20.5 Å². The van der Waals surface area contributed by atoms with Crippen molar-refractivity contribution in [3.05, 3.63) is 24.0 Å². The van der Waals surface area contributed by atoms with Gasteiger partial charge in [-0.25, -0.2) is 0 Å². The molecule has 12 heavy (non-hydrogen) atoms. The molecule has 0 aliphatic carbocycles. The second-order valence-electron chi connectivity index (χ2n) is 2.60. The van der Waals surface area contributed by atoms with Gasteiger partial charge in [-0.15, -0.1) is 0 Å². The van der Waals surface area contributed by atoms with Crippen LogP contribution < -0.4 is 5.32 Å². The van der Waals surface area contributed by atoms with E-state index in [-0.39, 0.29) is 0 Å². The van der Waals surface area contributed by atoms with Crippen molar-refractivity contribution in [2.24, 2.45) is 0 Å². The van der Waals surface area contributed by atoms with Gasteiger partial charge in [0.15, 0.2) is 0 Å². The van der Waals surface area contributed by atoms with Crippen LogP contribution in [0.3, 0.4) is 0 Å². The Labute approximate surface area is 70.0 Å². The van der Waals surface area contributed by atoms with Crippen molar-refractivity contribution in [1.82, 2.24) is 20.5 Å². The summed E-state index contributed by atoms with van der Waals surface area (Å²) in [5, 5.41) is 10.1. The van der Waals surface area contributed by atoms with Crippen LogP contribution in [0.5, 0.6) is 0 Å². The van der Waals surface area contributed by atoms with Crippen LogP contribution >= 0.6 is 0 Å². The highest BCUT2D eigenvalue weighted by Crippen LogP contribution is 2.10. The van der Waals surface area contributed by atoms with E-state index in [0.717, 1.165) is 23.3 Å². The van der Waals surface area contributed by atoms with E-state index < -0.39 is 0 Å². The van der Waals surface area contributed by atoms with Gasteiger partial charge in [-0.1, -0.05) is 0 Å². The molecule has 4 heteroatoms. The molecular weight excluding hydrogens is 152 g/mol. The van der Waals surface area contributed by atoms with Gasteiger partial charge in [0.25, 0.3) is 0 Å². The van der Waals surface area contributed by atoms with Crippen LogP contribution in [0.2, 0.25) is 0 Å². The first-order chi connectivity index (χ1) is 5.92. The molecule has 0 spiro atoms. The highest BCUT2D eigenvalue weighted by Gasteiger charge is 2.02. The standard InChI is InChI=1S/C8H10N4/c1-9-5-7-8-6(11-12-7)3-2-4-10-8/h2-4,9H,5H2,1H3,(H,11,12). The van der Waals surface area contributed by atoms with Gasteiger partial charge in [0.1, 0.15) is 11.0 Å². The molecule has 2 heterocycles. The number of rotatable bonds is 2. The molecular formula is C8H10N4. The largest absolute Gasteiger partial charge is 0.314 e. The Morgan fingerprint density at radius 3 is 3.33 bits per heavy atom. The molecule has 0 amide bonds. The highest BCUT2D eigenvalue weighted by atomic mass is 15.1. The molecule has 0 saturated heterocycles. The summed E-state index contributed by atoms with van der Waals surface area (Å²) in [5.74, 6) is 0. The number of H-pyrrole nitrogens is 1. The van der Waals surface area contributed by atoms with Crippen molar-refractivity contribution in [3.63, 3.8) is 0 Å².